The van der Waals surface area contributed by atoms with Gasteiger partial charge in [-0.05, 0) is 57.4 Å². The van der Waals surface area contributed by atoms with Crippen LogP contribution in [0.25, 0.3) is 21.9 Å². The molecule has 3 unspecified atom stereocenters. The summed E-state index contributed by atoms with van der Waals surface area (Å²) < 4.78 is 11.4. The van der Waals surface area contributed by atoms with Crippen LogP contribution in [0.1, 0.15) is 46.3 Å². The van der Waals surface area contributed by atoms with E-state index in [1.165, 1.54) is 19.5 Å². The Balaban J connectivity index is 0.00000520. The number of rotatable bonds is 9. The highest BCUT2D eigenvalue weighted by molar-refractivity contribution is 6.03. The molecule has 4 N–H and O–H groups in total. The molecule has 1 aliphatic rings. The lowest BCUT2D eigenvalue weighted by Crippen LogP contribution is -2.59. The van der Waals surface area contributed by atoms with Crippen LogP contribution >= 0.6 is 12.4 Å². The number of aryl methyl sites for hydroxylation is 1. The van der Waals surface area contributed by atoms with Gasteiger partial charge in [0.1, 0.15) is 41.3 Å². The van der Waals surface area contributed by atoms with Gasteiger partial charge in [0.05, 0.1) is 29.7 Å². The Kier molecular flexibility index (Phi) is 11.0. The van der Waals surface area contributed by atoms with Gasteiger partial charge in [0.25, 0.3) is 0 Å². The summed E-state index contributed by atoms with van der Waals surface area (Å²) in [5.41, 5.74) is 1.30. The molecule has 1 fully saturated rings. The van der Waals surface area contributed by atoms with E-state index in [4.69, 9.17) is 9.15 Å². The Morgan fingerprint density at radius 1 is 1.08 bits per heavy atom. The lowest BCUT2D eigenvalue weighted by atomic mass is 9.85. The average Bonchev–Trinajstić information content (AvgIpc) is 3.52. The fraction of sp³-hybridized carbons (Fsp3) is 0.412. The van der Waals surface area contributed by atoms with E-state index >= 15 is 0 Å². The van der Waals surface area contributed by atoms with Gasteiger partial charge in [-0.3, -0.25) is 19.2 Å². The summed E-state index contributed by atoms with van der Waals surface area (Å²) in [5.74, 6) is 0.372. The summed E-state index contributed by atoms with van der Waals surface area (Å²) in [4.78, 5) is 63.1. The summed E-state index contributed by atoms with van der Waals surface area (Å²) in [7, 11) is 3.17. The van der Waals surface area contributed by atoms with Crippen LogP contribution in [0, 0.1) is 12.3 Å². The number of amides is 3. The van der Waals surface area contributed by atoms with Crippen LogP contribution in [0.4, 0.5) is 17.2 Å². The van der Waals surface area contributed by atoms with Gasteiger partial charge in [-0.25, -0.2) is 9.97 Å². The van der Waals surface area contributed by atoms with Gasteiger partial charge in [0, 0.05) is 35.8 Å². The highest BCUT2D eigenvalue weighted by Gasteiger charge is 2.42. The molecule has 256 valence electrons. The van der Waals surface area contributed by atoms with Crippen molar-refractivity contribution in [3.63, 3.8) is 0 Å². The van der Waals surface area contributed by atoms with Crippen molar-refractivity contribution in [1.29, 1.82) is 0 Å². The van der Waals surface area contributed by atoms with E-state index in [2.05, 4.69) is 31.2 Å². The maximum absolute atomic E-state index is 13.9. The third kappa shape index (κ3) is 7.52. The first-order chi connectivity index (χ1) is 22.3. The molecule has 0 spiro atoms. The average molecular weight is 680 g/mol. The van der Waals surface area contributed by atoms with Gasteiger partial charge in [-0.2, -0.15) is 0 Å². The zero-order valence-electron chi connectivity index (χ0n) is 28.1. The third-order valence-electron chi connectivity index (χ3n) is 8.39. The van der Waals surface area contributed by atoms with E-state index in [-0.39, 0.29) is 35.6 Å². The highest BCUT2D eigenvalue weighted by atomic mass is 35.5. The number of fused-ring (bicyclic) bond motifs is 2. The zero-order valence-corrected chi connectivity index (χ0v) is 28.9. The van der Waals surface area contributed by atoms with Gasteiger partial charge in [-0.15, -0.1) is 12.4 Å². The number of ether oxygens (including phenoxy) is 1. The third-order valence-corrected chi connectivity index (χ3v) is 8.39. The molecule has 1 aliphatic heterocycles. The Morgan fingerprint density at radius 2 is 1.83 bits per heavy atom. The number of carbonyl (C=O) groups is 3. The molecule has 0 bridgehead atoms. The maximum Gasteiger partial charge on any atom is 0.247 e. The first-order valence-electron chi connectivity index (χ1n) is 15.5. The van der Waals surface area contributed by atoms with Crippen molar-refractivity contribution in [2.24, 2.45) is 5.41 Å². The largest absolute Gasteiger partial charge is 0.494 e. The van der Waals surface area contributed by atoms with E-state index in [0.717, 1.165) is 0 Å². The SMILES string of the molecule is CNC(C)C(=O)NC(C(=O)N1CCCC1C(=O)Nc1cc2c(Nc3ccc4c(=O)cc(C)oc4c3)ncnc2cc1OC)C(C)(C)C.Cl. The van der Waals surface area contributed by atoms with E-state index in [1.54, 1.807) is 56.1 Å². The predicted molar refractivity (Wildman–Crippen MR) is 187 cm³/mol. The van der Waals surface area contributed by atoms with Crippen molar-refractivity contribution in [1.82, 2.24) is 25.5 Å². The number of likely N-dealkylation sites (tertiary alicyclic amines) is 1. The molecule has 3 heterocycles. The summed E-state index contributed by atoms with van der Waals surface area (Å²) >= 11 is 0. The number of nitrogens with zero attached hydrogens (tertiary/aromatic N) is 3. The number of likely N-dealkylation sites (N-methyl/N-ethyl adjacent to an activating group) is 1. The highest BCUT2D eigenvalue weighted by Crippen LogP contribution is 2.34. The maximum atomic E-state index is 13.9. The predicted octanol–water partition coefficient (Wildman–Crippen LogP) is 4.29. The number of carbonyl (C=O) groups excluding carboxylic acids is 3. The monoisotopic (exact) mass is 679 g/mol. The van der Waals surface area contributed by atoms with Crippen molar-refractivity contribution < 1.29 is 23.5 Å². The Bertz CT molecular complexity index is 1910. The minimum atomic E-state index is -0.827. The van der Waals surface area contributed by atoms with Crippen molar-refractivity contribution in [3.8, 4) is 5.75 Å². The molecule has 3 amide bonds. The van der Waals surface area contributed by atoms with Crippen LogP contribution in [-0.4, -0.2) is 71.4 Å². The molecule has 13 nitrogen and oxygen atoms in total. The van der Waals surface area contributed by atoms with Crippen molar-refractivity contribution >= 4 is 69.2 Å². The number of anilines is 3. The number of hydrogen-bond donors (Lipinski definition) is 4. The normalized spacial score (nSPS) is 15.8. The fourth-order valence-corrected chi connectivity index (χ4v) is 5.67. The van der Waals surface area contributed by atoms with Crippen LogP contribution in [0.2, 0.25) is 0 Å². The summed E-state index contributed by atoms with van der Waals surface area (Å²) in [6.45, 7) is 9.48. The molecule has 14 heteroatoms. The second kappa shape index (κ2) is 14.6. The molecule has 2 aromatic carbocycles. The quantitative estimate of drug-likeness (QED) is 0.200. The van der Waals surface area contributed by atoms with E-state index < -0.39 is 23.5 Å². The molecule has 0 saturated carbocycles. The number of halogens is 1. The number of hydrogen-bond acceptors (Lipinski definition) is 10. The summed E-state index contributed by atoms with van der Waals surface area (Å²) in [6.07, 6.45) is 2.53. The summed E-state index contributed by atoms with van der Waals surface area (Å²) in [6, 6.07) is 7.98. The molecule has 5 rings (SSSR count). The lowest BCUT2D eigenvalue weighted by molar-refractivity contribution is -0.143. The summed E-state index contributed by atoms with van der Waals surface area (Å²) in [5, 5.41) is 13.1. The fourth-order valence-electron chi connectivity index (χ4n) is 5.67. The number of aromatic nitrogens is 2. The molecule has 3 atom stereocenters. The molecule has 48 heavy (non-hydrogen) atoms. The van der Waals surface area contributed by atoms with Crippen LogP contribution in [-0.2, 0) is 14.4 Å². The smallest absolute Gasteiger partial charge is 0.247 e. The Hall–Kier alpha value is -4.75. The van der Waals surface area contributed by atoms with Crippen molar-refractivity contribution in [2.75, 3.05) is 31.3 Å². The Labute approximate surface area is 284 Å². The topological polar surface area (TPSA) is 168 Å². The molecular weight excluding hydrogens is 638 g/mol. The van der Waals surface area contributed by atoms with Gasteiger partial charge in [-0.1, -0.05) is 20.8 Å². The molecule has 2 aromatic heterocycles. The van der Waals surface area contributed by atoms with Gasteiger partial charge < -0.3 is 35.3 Å². The van der Waals surface area contributed by atoms with Gasteiger partial charge in [0.2, 0.25) is 17.7 Å². The van der Waals surface area contributed by atoms with E-state index in [9.17, 15) is 19.2 Å². The van der Waals surface area contributed by atoms with Crippen LogP contribution in [0.15, 0.2) is 51.9 Å². The molecule has 0 radical (unpaired) electrons. The molecule has 1 saturated heterocycles. The lowest BCUT2D eigenvalue weighted by Gasteiger charge is -2.36. The van der Waals surface area contributed by atoms with Gasteiger partial charge >= 0.3 is 0 Å². The minimum absolute atomic E-state index is 0. The van der Waals surface area contributed by atoms with Crippen molar-refractivity contribution in [3.05, 3.63) is 58.7 Å². The number of nitrogens with one attached hydrogen (secondary N) is 4. The number of benzene rings is 2. The Morgan fingerprint density at radius 3 is 2.52 bits per heavy atom. The second-order valence-electron chi connectivity index (χ2n) is 12.8. The van der Waals surface area contributed by atoms with E-state index in [0.29, 0.717) is 70.0 Å². The molecule has 4 aromatic rings. The van der Waals surface area contributed by atoms with Gasteiger partial charge in [0.15, 0.2) is 5.43 Å². The second-order valence-corrected chi connectivity index (χ2v) is 12.8. The minimum Gasteiger partial charge on any atom is -0.494 e. The van der Waals surface area contributed by atoms with Crippen LogP contribution in [0.5, 0.6) is 5.75 Å². The number of methoxy groups -OCH3 is 1. The first kappa shape index (κ1) is 36.1. The van der Waals surface area contributed by atoms with Crippen LogP contribution in [0.3, 0.4) is 0 Å². The molecule has 0 aliphatic carbocycles. The van der Waals surface area contributed by atoms with Crippen LogP contribution < -0.4 is 31.4 Å². The standard InChI is InChI=1S/C34H41N7O6.ClH/c1-18-13-26(42)21-11-10-20(14-27(21)47-18)38-30-22-15-24(28(46-7)16-23(22)36-17-37-30)39-32(44)25-9-8-12-41(25)33(45)29(34(3,4)5)40-31(43)19(2)35-6;/h10-11,13-17,19,25,29,35H,8-9,12H2,1-7H3,(H,39,44)(H,40,43)(H,36,37,38);1H. The molecular formula is C34H42ClN7O6. The van der Waals surface area contributed by atoms with Crippen molar-refractivity contribution in [2.45, 2.75) is 65.6 Å². The zero-order chi connectivity index (χ0) is 34.0. The van der Waals surface area contributed by atoms with E-state index in [1.807, 2.05) is 20.8 Å². The first-order valence-corrected chi connectivity index (χ1v) is 15.5.